The molecule has 0 aliphatic rings. The highest BCUT2D eigenvalue weighted by Crippen LogP contribution is 2.22. The molecule has 1 aromatic heterocycles. The van der Waals surface area contributed by atoms with Gasteiger partial charge in [0.2, 0.25) is 11.7 Å². The summed E-state index contributed by atoms with van der Waals surface area (Å²) in [5, 5.41) is 10.0. The van der Waals surface area contributed by atoms with Gasteiger partial charge in [-0.2, -0.15) is 4.98 Å². The van der Waals surface area contributed by atoms with Gasteiger partial charge in [0.15, 0.2) is 0 Å². The highest BCUT2D eigenvalue weighted by molar-refractivity contribution is 5.95. The number of aromatic nitrogens is 2. The van der Waals surface area contributed by atoms with E-state index >= 15 is 0 Å². The first-order valence-corrected chi connectivity index (χ1v) is 8.17. The average molecular weight is 367 g/mol. The van der Waals surface area contributed by atoms with Gasteiger partial charge in [-0.15, -0.1) is 12.4 Å². The van der Waals surface area contributed by atoms with E-state index in [1.165, 1.54) is 0 Å². The number of hydrogen-bond donors (Lipinski definition) is 2. The van der Waals surface area contributed by atoms with E-state index in [1.54, 1.807) is 12.1 Å². The number of benzene rings is 1. The monoisotopic (exact) mass is 366 g/mol. The van der Waals surface area contributed by atoms with Crippen LogP contribution in [0.3, 0.4) is 0 Å². The van der Waals surface area contributed by atoms with Gasteiger partial charge in [-0.05, 0) is 31.5 Å². The first kappa shape index (κ1) is 21.1. The summed E-state index contributed by atoms with van der Waals surface area (Å²) in [6.45, 7) is 8.93. The number of amides is 1. The normalized spacial score (nSPS) is 12.4. The van der Waals surface area contributed by atoms with Crippen molar-refractivity contribution in [1.82, 2.24) is 20.8 Å². The van der Waals surface area contributed by atoms with Crippen LogP contribution < -0.4 is 10.6 Å². The second-order valence-electron chi connectivity index (χ2n) is 7.23. The topological polar surface area (TPSA) is 80.0 Å². The van der Waals surface area contributed by atoms with Crippen molar-refractivity contribution in [3.8, 4) is 11.4 Å². The standard InChI is InChI=1S/C18H26N4O2.ClH/c1-12(19-5)11-20-17(23)14-8-6-7-13(9-14)16-21-15(24-22-16)10-18(2,3)4;/h6-9,12,19H,10-11H2,1-5H3,(H,20,23);1H. The van der Waals surface area contributed by atoms with Gasteiger partial charge in [0, 0.05) is 30.1 Å². The van der Waals surface area contributed by atoms with Gasteiger partial charge in [-0.1, -0.05) is 38.1 Å². The molecule has 0 aliphatic carbocycles. The van der Waals surface area contributed by atoms with Crippen LogP contribution in [0.2, 0.25) is 0 Å². The van der Waals surface area contributed by atoms with Crippen molar-refractivity contribution < 1.29 is 9.32 Å². The zero-order chi connectivity index (χ0) is 17.7. The number of hydrogen-bond acceptors (Lipinski definition) is 5. The molecule has 0 fully saturated rings. The van der Waals surface area contributed by atoms with Crippen molar-refractivity contribution >= 4 is 18.3 Å². The van der Waals surface area contributed by atoms with Crippen LogP contribution in [-0.4, -0.2) is 35.7 Å². The molecular weight excluding hydrogens is 340 g/mol. The molecule has 138 valence electrons. The van der Waals surface area contributed by atoms with Crippen molar-refractivity contribution in [2.24, 2.45) is 5.41 Å². The lowest BCUT2D eigenvalue weighted by Gasteiger charge is -2.13. The van der Waals surface area contributed by atoms with Crippen molar-refractivity contribution in [3.63, 3.8) is 0 Å². The maximum Gasteiger partial charge on any atom is 0.251 e. The minimum Gasteiger partial charge on any atom is -0.350 e. The Bertz CT molecular complexity index is 694. The molecule has 7 heteroatoms. The van der Waals surface area contributed by atoms with Gasteiger partial charge in [0.25, 0.3) is 5.91 Å². The van der Waals surface area contributed by atoms with Crippen molar-refractivity contribution in [3.05, 3.63) is 35.7 Å². The van der Waals surface area contributed by atoms with Gasteiger partial charge in [0.05, 0.1) is 0 Å². The first-order chi connectivity index (χ1) is 11.3. The van der Waals surface area contributed by atoms with Crippen LogP contribution in [0.1, 0.15) is 43.9 Å². The number of carbonyl (C=O) groups is 1. The smallest absolute Gasteiger partial charge is 0.251 e. The predicted molar refractivity (Wildman–Crippen MR) is 101 cm³/mol. The quantitative estimate of drug-likeness (QED) is 0.821. The maximum absolute atomic E-state index is 12.2. The molecule has 1 heterocycles. The van der Waals surface area contributed by atoms with Crippen LogP contribution in [0.25, 0.3) is 11.4 Å². The highest BCUT2D eigenvalue weighted by Gasteiger charge is 2.17. The fraction of sp³-hybridized carbons (Fsp3) is 0.500. The minimum atomic E-state index is -0.114. The van der Waals surface area contributed by atoms with E-state index < -0.39 is 0 Å². The summed E-state index contributed by atoms with van der Waals surface area (Å²) >= 11 is 0. The van der Waals surface area contributed by atoms with Gasteiger partial charge in [-0.25, -0.2) is 0 Å². The molecule has 2 N–H and O–H groups in total. The molecule has 6 nitrogen and oxygen atoms in total. The molecule has 1 aromatic carbocycles. The van der Waals surface area contributed by atoms with Crippen molar-refractivity contribution in [2.45, 2.75) is 40.2 Å². The lowest BCUT2D eigenvalue weighted by molar-refractivity contribution is 0.0950. The molecule has 1 atom stereocenters. The third-order valence-electron chi connectivity index (χ3n) is 3.59. The molecule has 2 rings (SSSR count). The summed E-state index contributed by atoms with van der Waals surface area (Å²) in [5.74, 6) is 1.00. The molecule has 1 amide bonds. The molecule has 0 saturated carbocycles. The van der Waals surface area contributed by atoms with Crippen LogP contribution in [0.15, 0.2) is 28.8 Å². The Morgan fingerprint density at radius 2 is 2.04 bits per heavy atom. The number of rotatable bonds is 6. The summed E-state index contributed by atoms with van der Waals surface area (Å²) in [5.41, 5.74) is 1.43. The number of nitrogens with zero attached hydrogens (tertiary/aromatic N) is 2. The van der Waals surface area contributed by atoms with E-state index in [9.17, 15) is 4.79 Å². The Kier molecular flexibility index (Phi) is 7.58. The molecule has 1 unspecified atom stereocenters. The molecular formula is C18H27ClN4O2. The molecule has 2 aromatic rings. The number of halogens is 1. The van der Waals surface area contributed by atoms with Gasteiger partial charge < -0.3 is 15.2 Å². The van der Waals surface area contributed by atoms with Crippen molar-refractivity contribution in [1.29, 1.82) is 0 Å². The van der Waals surface area contributed by atoms with Crippen molar-refractivity contribution in [2.75, 3.05) is 13.6 Å². The van der Waals surface area contributed by atoms with Crippen LogP contribution in [0.4, 0.5) is 0 Å². The van der Waals surface area contributed by atoms with E-state index in [0.29, 0.717) is 30.2 Å². The Morgan fingerprint density at radius 1 is 1.32 bits per heavy atom. The van der Waals surface area contributed by atoms with Crippen LogP contribution in [-0.2, 0) is 6.42 Å². The fourth-order valence-corrected chi connectivity index (χ4v) is 2.15. The van der Waals surface area contributed by atoms with Crippen LogP contribution >= 0.6 is 12.4 Å². The average Bonchev–Trinajstić information content (AvgIpc) is 2.98. The zero-order valence-electron chi connectivity index (χ0n) is 15.4. The third-order valence-corrected chi connectivity index (χ3v) is 3.59. The van der Waals surface area contributed by atoms with E-state index in [4.69, 9.17) is 4.52 Å². The summed E-state index contributed by atoms with van der Waals surface area (Å²) < 4.78 is 5.32. The molecule has 0 radical (unpaired) electrons. The number of likely N-dealkylation sites (N-methyl/N-ethyl adjacent to an activating group) is 1. The minimum absolute atomic E-state index is 0. The summed E-state index contributed by atoms with van der Waals surface area (Å²) in [4.78, 5) is 16.7. The van der Waals surface area contributed by atoms with E-state index in [2.05, 4.69) is 41.5 Å². The predicted octanol–water partition coefficient (Wildman–Crippen LogP) is 3.08. The zero-order valence-corrected chi connectivity index (χ0v) is 16.2. The molecule has 25 heavy (non-hydrogen) atoms. The summed E-state index contributed by atoms with van der Waals surface area (Å²) in [6, 6.07) is 7.48. The molecule has 0 bridgehead atoms. The first-order valence-electron chi connectivity index (χ1n) is 8.17. The second-order valence-corrected chi connectivity index (χ2v) is 7.23. The fourth-order valence-electron chi connectivity index (χ4n) is 2.15. The van der Waals surface area contributed by atoms with Crippen LogP contribution in [0, 0.1) is 5.41 Å². The lowest BCUT2D eigenvalue weighted by Crippen LogP contribution is -2.37. The van der Waals surface area contributed by atoms with Crippen LogP contribution in [0.5, 0.6) is 0 Å². The number of carbonyl (C=O) groups excluding carboxylic acids is 1. The Morgan fingerprint density at radius 3 is 2.68 bits per heavy atom. The second kappa shape index (κ2) is 8.97. The van der Waals surface area contributed by atoms with E-state index in [1.807, 2.05) is 26.1 Å². The van der Waals surface area contributed by atoms with E-state index in [0.717, 1.165) is 5.56 Å². The summed E-state index contributed by atoms with van der Waals surface area (Å²) in [6.07, 6.45) is 0.710. The molecule has 0 saturated heterocycles. The lowest BCUT2D eigenvalue weighted by atomic mass is 9.92. The van der Waals surface area contributed by atoms with Gasteiger partial charge in [-0.3, -0.25) is 4.79 Å². The highest BCUT2D eigenvalue weighted by atomic mass is 35.5. The largest absolute Gasteiger partial charge is 0.350 e. The Balaban J connectivity index is 0.00000312. The molecule has 0 spiro atoms. The maximum atomic E-state index is 12.2. The molecule has 0 aliphatic heterocycles. The summed E-state index contributed by atoms with van der Waals surface area (Å²) in [7, 11) is 1.86. The Labute approximate surface area is 155 Å². The van der Waals surface area contributed by atoms with Gasteiger partial charge >= 0.3 is 0 Å². The SMILES string of the molecule is CNC(C)CNC(=O)c1cccc(-c2noc(CC(C)(C)C)n2)c1.Cl. The third kappa shape index (κ3) is 6.48. The Hall–Kier alpha value is -1.92. The number of nitrogens with one attached hydrogen (secondary N) is 2. The van der Waals surface area contributed by atoms with E-state index in [-0.39, 0.29) is 29.8 Å². The van der Waals surface area contributed by atoms with Gasteiger partial charge in [0.1, 0.15) is 0 Å².